The quantitative estimate of drug-likeness (QED) is 0.248. The molecule has 0 spiro atoms. The van der Waals surface area contributed by atoms with Gasteiger partial charge in [0.25, 0.3) is 0 Å². The summed E-state index contributed by atoms with van der Waals surface area (Å²) in [7, 11) is 0. The molecule has 156 valence electrons. The first-order chi connectivity index (χ1) is 13.8. The van der Waals surface area contributed by atoms with Crippen LogP contribution >= 0.6 is 0 Å². The minimum absolute atomic E-state index is 0.168. The van der Waals surface area contributed by atoms with E-state index in [2.05, 4.69) is 13.5 Å². The molecule has 0 fully saturated rings. The number of hydrogen-bond donors (Lipinski definition) is 2. The Morgan fingerprint density at radius 1 is 1.14 bits per heavy atom. The molecule has 0 aromatic heterocycles. The summed E-state index contributed by atoms with van der Waals surface area (Å²) in [6, 6.07) is 3.82. The van der Waals surface area contributed by atoms with E-state index in [4.69, 9.17) is 0 Å². The Morgan fingerprint density at radius 3 is 2.21 bits per heavy atom. The molecule has 1 aliphatic carbocycles. The molecule has 29 heavy (non-hydrogen) atoms. The largest absolute Gasteiger partial charge is 0.481 e. The minimum Gasteiger partial charge on any atom is -0.481 e. The number of carboxylic acids is 2. The maximum Gasteiger partial charge on any atom is 0.307 e. The number of allylic oxidation sites excluding steroid dienone is 3. The molecule has 2 rings (SSSR count). The molecule has 1 aromatic carbocycles. The first-order valence-electron chi connectivity index (χ1n) is 10.2. The van der Waals surface area contributed by atoms with Gasteiger partial charge in [-0.15, -0.1) is 0 Å². The van der Waals surface area contributed by atoms with Crippen molar-refractivity contribution in [2.75, 3.05) is 0 Å². The van der Waals surface area contributed by atoms with Crippen LogP contribution in [0, 0.1) is 5.92 Å². The van der Waals surface area contributed by atoms with Gasteiger partial charge in [-0.2, -0.15) is 0 Å². The van der Waals surface area contributed by atoms with Crippen LogP contribution in [0.5, 0.6) is 0 Å². The van der Waals surface area contributed by atoms with Crippen LogP contribution in [0.4, 0.5) is 0 Å². The van der Waals surface area contributed by atoms with Crippen molar-refractivity contribution in [3.05, 3.63) is 58.2 Å². The number of hydrogen-bond acceptors (Lipinski definition) is 3. The summed E-state index contributed by atoms with van der Waals surface area (Å²) >= 11 is 0. The minimum atomic E-state index is -0.956. The molecular weight excluding hydrogens is 368 g/mol. The van der Waals surface area contributed by atoms with Gasteiger partial charge in [-0.25, -0.2) is 0 Å². The molecule has 0 saturated heterocycles. The van der Waals surface area contributed by atoms with E-state index in [0.717, 1.165) is 48.7 Å². The van der Waals surface area contributed by atoms with E-state index in [1.165, 1.54) is 0 Å². The van der Waals surface area contributed by atoms with Crippen LogP contribution in [0.25, 0.3) is 0 Å². The lowest BCUT2D eigenvalue weighted by Crippen LogP contribution is -2.18. The molecule has 0 unspecified atom stereocenters. The molecule has 0 saturated carbocycles. The van der Waals surface area contributed by atoms with E-state index in [-0.39, 0.29) is 24.7 Å². The van der Waals surface area contributed by atoms with Crippen molar-refractivity contribution in [3.8, 4) is 0 Å². The predicted molar refractivity (Wildman–Crippen MR) is 112 cm³/mol. The lowest BCUT2D eigenvalue weighted by atomic mass is 9.78. The Kier molecular flexibility index (Phi) is 7.94. The number of unbranched alkanes of at least 4 members (excludes halogenated alkanes) is 2. The fourth-order valence-corrected chi connectivity index (χ4v) is 4.32. The fourth-order valence-electron chi connectivity index (χ4n) is 4.32. The predicted octanol–water partition coefficient (Wildman–Crippen LogP) is 4.48. The molecule has 0 amide bonds. The van der Waals surface area contributed by atoms with Crippen molar-refractivity contribution in [2.45, 2.75) is 64.7 Å². The van der Waals surface area contributed by atoms with Gasteiger partial charge >= 0.3 is 11.9 Å². The highest BCUT2D eigenvalue weighted by molar-refractivity contribution is 5.76. The van der Waals surface area contributed by atoms with Crippen LogP contribution in [0.2, 0.25) is 0 Å². The van der Waals surface area contributed by atoms with E-state index < -0.39 is 11.9 Å². The molecule has 5 heteroatoms. The van der Waals surface area contributed by atoms with Gasteiger partial charge in [0.05, 0.1) is 12.8 Å². The average molecular weight is 398 g/mol. The van der Waals surface area contributed by atoms with E-state index in [1.807, 2.05) is 25.1 Å². The Bertz CT molecular complexity index is 797. The summed E-state index contributed by atoms with van der Waals surface area (Å²) in [6.07, 6.45) is 7.00. The van der Waals surface area contributed by atoms with Gasteiger partial charge in [0.1, 0.15) is 6.29 Å². The number of aliphatic carboxylic acids is 2. The zero-order chi connectivity index (χ0) is 21.6. The normalized spacial score (nSPS) is 18.3. The second-order valence-corrected chi connectivity index (χ2v) is 7.97. The number of carboxylic acid groups (broad SMARTS) is 2. The van der Waals surface area contributed by atoms with Gasteiger partial charge < -0.3 is 10.2 Å². The third-order valence-electron chi connectivity index (χ3n) is 5.56. The summed E-state index contributed by atoms with van der Waals surface area (Å²) in [5, 5.41) is 19.0. The van der Waals surface area contributed by atoms with Gasteiger partial charge in [0.2, 0.25) is 0 Å². The summed E-state index contributed by atoms with van der Waals surface area (Å²) in [5.74, 6) is -2.31. The van der Waals surface area contributed by atoms with Crippen LogP contribution < -0.4 is 0 Å². The lowest BCUT2D eigenvalue weighted by Gasteiger charge is -2.25. The van der Waals surface area contributed by atoms with Crippen molar-refractivity contribution in [1.29, 1.82) is 0 Å². The molecule has 2 atom stereocenters. The number of aldehydes is 1. The van der Waals surface area contributed by atoms with E-state index in [1.54, 1.807) is 0 Å². The Labute approximate surface area is 172 Å². The summed E-state index contributed by atoms with van der Waals surface area (Å²) in [4.78, 5) is 34.5. The summed E-state index contributed by atoms with van der Waals surface area (Å²) in [6.45, 7) is 7.96. The summed E-state index contributed by atoms with van der Waals surface area (Å²) in [5.41, 5.74) is 4.54. The van der Waals surface area contributed by atoms with Crippen LogP contribution in [-0.2, 0) is 33.6 Å². The third-order valence-corrected chi connectivity index (χ3v) is 5.56. The molecule has 1 aliphatic rings. The molecule has 0 aliphatic heterocycles. The van der Waals surface area contributed by atoms with Crippen LogP contribution in [0.1, 0.15) is 67.7 Å². The SMILES string of the molecule is C=C(C=O)[C@@H]1CC(C)=C[C@H]1c1c(CC(=O)O)cc(CCCCC)cc1CC(=O)O. The van der Waals surface area contributed by atoms with Gasteiger partial charge in [0.15, 0.2) is 0 Å². The Hall–Kier alpha value is -2.69. The standard InChI is InChI=1S/C24H30O5/c1-4-5-6-7-17-10-18(12-22(26)27)24(19(11-17)13-23(28)29)21-9-15(2)8-20(21)16(3)14-25/h9-11,14,20-21H,3-8,12-13H2,1-2H3,(H,26,27)(H,28,29)/t20-,21+/m0/s1. The molecule has 1 aromatic rings. The highest BCUT2D eigenvalue weighted by Gasteiger charge is 2.33. The van der Waals surface area contributed by atoms with Crippen molar-refractivity contribution < 1.29 is 24.6 Å². The average Bonchev–Trinajstić information content (AvgIpc) is 3.01. The topological polar surface area (TPSA) is 91.7 Å². The Morgan fingerprint density at radius 2 is 1.72 bits per heavy atom. The van der Waals surface area contributed by atoms with E-state index >= 15 is 0 Å². The monoisotopic (exact) mass is 398 g/mol. The van der Waals surface area contributed by atoms with Crippen LogP contribution in [0.15, 0.2) is 35.9 Å². The van der Waals surface area contributed by atoms with Crippen molar-refractivity contribution in [3.63, 3.8) is 0 Å². The maximum absolute atomic E-state index is 11.6. The third kappa shape index (κ3) is 5.89. The number of rotatable bonds is 11. The number of benzene rings is 1. The smallest absolute Gasteiger partial charge is 0.307 e. The molecule has 0 radical (unpaired) electrons. The lowest BCUT2D eigenvalue weighted by molar-refractivity contribution is -0.137. The first kappa shape index (κ1) is 22.6. The summed E-state index contributed by atoms with van der Waals surface area (Å²) < 4.78 is 0. The second kappa shape index (κ2) is 10.2. The van der Waals surface area contributed by atoms with Crippen LogP contribution in [-0.4, -0.2) is 28.4 Å². The molecule has 2 N–H and O–H groups in total. The number of carbonyl (C=O) groups is 3. The van der Waals surface area contributed by atoms with Crippen LogP contribution in [0.3, 0.4) is 0 Å². The van der Waals surface area contributed by atoms with Crippen molar-refractivity contribution >= 4 is 18.2 Å². The first-order valence-corrected chi connectivity index (χ1v) is 10.2. The zero-order valence-electron chi connectivity index (χ0n) is 17.2. The van der Waals surface area contributed by atoms with Crippen molar-refractivity contribution in [2.24, 2.45) is 5.92 Å². The van der Waals surface area contributed by atoms with Gasteiger partial charge in [-0.05, 0) is 54.0 Å². The van der Waals surface area contributed by atoms with Crippen molar-refractivity contribution in [1.82, 2.24) is 0 Å². The maximum atomic E-state index is 11.6. The van der Waals surface area contributed by atoms with Gasteiger partial charge in [-0.3, -0.25) is 14.4 Å². The molecular formula is C24H30O5. The van der Waals surface area contributed by atoms with Gasteiger partial charge in [0, 0.05) is 11.8 Å². The second-order valence-electron chi connectivity index (χ2n) is 7.97. The molecule has 5 nitrogen and oxygen atoms in total. The zero-order valence-corrected chi connectivity index (χ0v) is 17.2. The fraction of sp³-hybridized carbons (Fsp3) is 0.458. The number of aryl methyl sites for hydroxylation is 1. The van der Waals surface area contributed by atoms with E-state index in [9.17, 15) is 24.6 Å². The number of carbonyl (C=O) groups excluding carboxylic acids is 1. The van der Waals surface area contributed by atoms with Gasteiger partial charge in [-0.1, -0.05) is 50.1 Å². The van der Waals surface area contributed by atoms with E-state index in [0.29, 0.717) is 23.1 Å². The highest BCUT2D eigenvalue weighted by atomic mass is 16.4. The highest BCUT2D eigenvalue weighted by Crippen LogP contribution is 2.44. The molecule has 0 bridgehead atoms. The Balaban J connectivity index is 2.62. The molecule has 0 heterocycles.